The Balaban J connectivity index is 2.24. The van der Waals surface area contributed by atoms with Crippen LogP contribution in [0.3, 0.4) is 0 Å². The average Bonchev–Trinajstić information content (AvgIpc) is 3.17. The summed E-state index contributed by atoms with van der Waals surface area (Å²) in [5.41, 5.74) is 0.648. The monoisotopic (exact) mass is 281 g/mol. The summed E-state index contributed by atoms with van der Waals surface area (Å²) >= 11 is 5.90. The van der Waals surface area contributed by atoms with Crippen LogP contribution in [0, 0.1) is 0 Å². The van der Waals surface area contributed by atoms with Crippen LogP contribution in [0.1, 0.15) is 32.3 Å². The molecule has 19 heavy (non-hydrogen) atoms. The summed E-state index contributed by atoms with van der Waals surface area (Å²) in [5, 5.41) is 9.80. The topological polar surface area (TPSA) is 40.5 Å². The zero-order valence-electron chi connectivity index (χ0n) is 11.4. The first-order valence-electron chi connectivity index (χ1n) is 6.69. The Morgan fingerprint density at radius 3 is 2.37 bits per heavy atom. The van der Waals surface area contributed by atoms with Gasteiger partial charge in [-0.15, -0.1) is 0 Å². The van der Waals surface area contributed by atoms with Crippen LogP contribution in [0.25, 0.3) is 0 Å². The van der Waals surface area contributed by atoms with E-state index >= 15 is 0 Å². The van der Waals surface area contributed by atoms with Crippen LogP contribution in [0.2, 0.25) is 5.02 Å². The number of aliphatic hydroxyl groups excluding tert-OH is 1. The van der Waals surface area contributed by atoms with Crippen molar-refractivity contribution >= 4 is 17.5 Å². The van der Waals surface area contributed by atoms with Crippen molar-refractivity contribution in [2.45, 2.75) is 38.1 Å². The number of carbonyl (C=O) groups is 1. The molecule has 0 radical (unpaired) electrons. The van der Waals surface area contributed by atoms with Crippen molar-refractivity contribution in [2.24, 2.45) is 0 Å². The van der Waals surface area contributed by atoms with Crippen molar-refractivity contribution in [3.63, 3.8) is 0 Å². The minimum absolute atomic E-state index is 0.000613. The highest BCUT2D eigenvalue weighted by Crippen LogP contribution is 2.50. The van der Waals surface area contributed by atoms with Gasteiger partial charge in [-0.1, -0.05) is 23.7 Å². The van der Waals surface area contributed by atoms with E-state index in [1.165, 1.54) is 0 Å². The first-order valence-corrected chi connectivity index (χ1v) is 7.07. The van der Waals surface area contributed by atoms with Gasteiger partial charge in [-0.2, -0.15) is 0 Å². The summed E-state index contributed by atoms with van der Waals surface area (Å²) in [5.74, 6) is 0.124. The molecule has 1 aliphatic rings. The number of hydrogen-bond acceptors (Lipinski definition) is 2. The first-order chi connectivity index (χ1) is 9.01. The number of benzene rings is 1. The summed E-state index contributed by atoms with van der Waals surface area (Å²) in [6.07, 6.45) is 1.75. The zero-order chi connectivity index (χ0) is 14.0. The fourth-order valence-electron chi connectivity index (χ4n) is 2.50. The lowest BCUT2D eigenvalue weighted by molar-refractivity contribution is -0.136. The summed E-state index contributed by atoms with van der Waals surface area (Å²) in [6.45, 7) is 4.35. The maximum absolute atomic E-state index is 12.7. The Morgan fingerprint density at radius 1 is 1.37 bits per heavy atom. The van der Waals surface area contributed by atoms with Crippen LogP contribution in [0.15, 0.2) is 24.3 Å². The Morgan fingerprint density at radius 2 is 1.95 bits per heavy atom. The van der Waals surface area contributed by atoms with Gasteiger partial charge in [0.15, 0.2) is 0 Å². The smallest absolute Gasteiger partial charge is 0.233 e. The van der Waals surface area contributed by atoms with E-state index in [9.17, 15) is 4.79 Å². The predicted molar refractivity (Wildman–Crippen MR) is 76.3 cm³/mol. The van der Waals surface area contributed by atoms with E-state index in [-0.39, 0.29) is 24.0 Å². The van der Waals surface area contributed by atoms with Gasteiger partial charge >= 0.3 is 0 Å². The highest BCUT2D eigenvalue weighted by Gasteiger charge is 2.53. The average molecular weight is 282 g/mol. The molecule has 2 rings (SSSR count). The minimum Gasteiger partial charge on any atom is -0.395 e. The molecule has 1 amide bonds. The van der Waals surface area contributed by atoms with E-state index in [1.54, 1.807) is 4.90 Å². The van der Waals surface area contributed by atoms with Gasteiger partial charge in [-0.3, -0.25) is 4.79 Å². The molecule has 0 bridgehead atoms. The molecular weight excluding hydrogens is 262 g/mol. The van der Waals surface area contributed by atoms with Gasteiger partial charge < -0.3 is 10.0 Å². The van der Waals surface area contributed by atoms with E-state index in [0.29, 0.717) is 11.6 Å². The van der Waals surface area contributed by atoms with E-state index < -0.39 is 0 Å². The Hall–Kier alpha value is -1.06. The van der Waals surface area contributed by atoms with Crippen molar-refractivity contribution in [3.8, 4) is 0 Å². The van der Waals surface area contributed by atoms with Crippen LogP contribution in [0.5, 0.6) is 0 Å². The normalized spacial score (nSPS) is 16.5. The summed E-state index contributed by atoms with van der Waals surface area (Å²) in [7, 11) is 0. The molecule has 0 spiro atoms. The standard InChI is InChI=1S/C15H20ClNO2/c1-11(2)17(9-10-18)14(19)15(7-8-15)12-3-5-13(16)6-4-12/h3-6,11,18H,7-10H2,1-2H3. The van der Waals surface area contributed by atoms with Crippen LogP contribution < -0.4 is 0 Å². The molecule has 0 aliphatic heterocycles. The molecule has 1 aliphatic carbocycles. The lowest BCUT2D eigenvalue weighted by atomic mass is 9.94. The molecule has 1 aromatic carbocycles. The third-order valence-corrected chi connectivity index (χ3v) is 4.03. The van der Waals surface area contributed by atoms with Gasteiger partial charge in [-0.05, 0) is 44.4 Å². The summed E-state index contributed by atoms with van der Waals surface area (Å²) < 4.78 is 0. The molecule has 0 heterocycles. The Bertz CT molecular complexity index is 452. The van der Waals surface area contributed by atoms with E-state index in [0.717, 1.165) is 18.4 Å². The number of aliphatic hydroxyl groups is 1. The molecule has 1 N–H and O–H groups in total. The molecule has 0 unspecified atom stereocenters. The summed E-state index contributed by atoms with van der Waals surface area (Å²) in [6, 6.07) is 7.63. The Kier molecular flexibility index (Phi) is 4.16. The quantitative estimate of drug-likeness (QED) is 0.901. The number of rotatable bonds is 5. The maximum atomic E-state index is 12.7. The largest absolute Gasteiger partial charge is 0.395 e. The lowest BCUT2D eigenvalue weighted by Crippen LogP contribution is -2.44. The molecule has 0 saturated heterocycles. The van der Waals surface area contributed by atoms with Gasteiger partial charge in [0.25, 0.3) is 0 Å². The second-order valence-electron chi connectivity index (χ2n) is 5.40. The molecule has 0 aromatic heterocycles. The van der Waals surface area contributed by atoms with Crippen molar-refractivity contribution in [2.75, 3.05) is 13.2 Å². The van der Waals surface area contributed by atoms with Crippen LogP contribution >= 0.6 is 11.6 Å². The number of amides is 1. The van der Waals surface area contributed by atoms with E-state index in [2.05, 4.69) is 0 Å². The highest BCUT2D eigenvalue weighted by atomic mass is 35.5. The second-order valence-corrected chi connectivity index (χ2v) is 5.84. The van der Waals surface area contributed by atoms with E-state index in [4.69, 9.17) is 16.7 Å². The number of carbonyl (C=O) groups excluding carboxylic acids is 1. The first kappa shape index (κ1) is 14.4. The van der Waals surface area contributed by atoms with Crippen molar-refractivity contribution in [1.29, 1.82) is 0 Å². The number of hydrogen-bond donors (Lipinski definition) is 1. The molecule has 3 nitrogen and oxygen atoms in total. The number of halogens is 1. The van der Waals surface area contributed by atoms with Crippen molar-refractivity contribution in [1.82, 2.24) is 4.90 Å². The van der Waals surface area contributed by atoms with Gasteiger partial charge in [0.2, 0.25) is 5.91 Å². The van der Waals surface area contributed by atoms with Gasteiger partial charge in [-0.25, -0.2) is 0 Å². The van der Waals surface area contributed by atoms with Crippen LogP contribution in [-0.2, 0) is 10.2 Å². The Labute approximate surface area is 119 Å². The third kappa shape index (κ3) is 2.77. The molecule has 0 atom stereocenters. The molecule has 1 fully saturated rings. The van der Waals surface area contributed by atoms with Gasteiger partial charge in [0.1, 0.15) is 0 Å². The summed E-state index contributed by atoms with van der Waals surface area (Å²) in [4.78, 5) is 14.5. The highest BCUT2D eigenvalue weighted by molar-refractivity contribution is 6.30. The lowest BCUT2D eigenvalue weighted by Gasteiger charge is -2.30. The maximum Gasteiger partial charge on any atom is 0.233 e. The fourth-order valence-corrected chi connectivity index (χ4v) is 2.62. The molecule has 4 heteroatoms. The molecule has 1 aromatic rings. The van der Waals surface area contributed by atoms with Crippen LogP contribution in [0.4, 0.5) is 0 Å². The number of nitrogens with zero attached hydrogens (tertiary/aromatic N) is 1. The van der Waals surface area contributed by atoms with Gasteiger partial charge in [0.05, 0.1) is 12.0 Å². The molecule has 1 saturated carbocycles. The minimum atomic E-state index is -0.385. The molecule has 104 valence electrons. The van der Waals surface area contributed by atoms with Gasteiger partial charge in [0, 0.05) is 17.6 Å². The van der Waals surface area contributed by atoms with Crippen LogP contribution in [-0.4, -0.2) is 35.1 Å². The molecular formula is C15H20ClNO2. The predicted octanol–water partition coefficient (Wildman–Crippen LogP) is 2.60. The zero-order valence-corrected chi connectivity index (χ0v) is 12.2. The fraction of sp³-hybridized carbons (Fsp3) is 0.533. The SMILES string of the molecule is CC(C)N(CCO)C(=O)C1(c2ccc(Cl)cc2)CC1. The second kappa shape index (κ2) is 5.51. The third-order valence-electron chi connectivity index (χ3n) is 3.78. The van der Waals surface area contributed by atoms with Crippen molar-refractivity contribution in [3.05, 3.63) is 34.9 Å². The van der Waals surface area contributed by atoms with Crippen molar-refractivity contribution < 1.29 is 9.90 Å². The van der Waals surface area contributed by atoms with E-state index in [1.807, 2.05) is 38.1 Å².